The molecule has 2 unspecified atom stereocenters. The molecule has 0 aliphatic carbocycles. The van der Waals surface area contributed by atoms with Crippen LogP contribution in [0.4, 0.5) is 11.4 Å². The monoisotopic (exact) mass is 965 g/mol. The minimum atomic E-state index is -1.23. The summed E-state index contributed by atoms with van der Waals surface area (Å²) in [4.78, 5) is 75.2. The van der Waals surface area contributed by atoms with Crippen LogP contribution in [0, 0.1) is 0 Å². The van der Waals surface area contributed by atoms with Gasteiger partial charge in [0.05, 0.1) is 10.6 Å². The maximum absolute atomic E-state index is 13.2. The van der Waals surface area contributed by atoms with E-state index < -0.39 is 24.6 Å². The fourth-order valence-electron chi connectivity index (χ4n) is 9.57. The molecular formula is C50H52ClN5O9S2. The van der Waals surface area contributed by atoms with Crippen LogP contribution < -0.4 is 20.3 Å². The zero-order chi connectivity index (χ0) is 47.6. The number of hydrogen-bond acceptors (Lipinski definition) is 12. The Morgan fingerprint density at radius 3 is 2.45 bits per heavy atom. The third-order valence-electron chi connectivity index (χ3n) is 12.9. The summed E-state index contributed by atoms with van der Waals surface area (Å²) in [6.07, 6.45) is 5.56. The first kappa shape index (κ1) is 47.7. The summed E-state index contributed by atoms with van der Waals surface area (Å²) in [5, 5.41) is 26.7. The lowest BCUT2D eigenvalue weighted by Crippen LogP contribution is -2.53. The summed E-state index contributed by atoms with van der Waals surface area (Å²) < 4.78 is 7.61. The average molecular weight is 967 g/mol. The number of likely N-dealkylation sites (tertiary alicyclic amines) is 1. The van der Waals surface area contributed by atoms with Gasteiger partial charge in [-0.3, -0.25) is 29.4 Å². The molecule has 17 heteroatoms. The van der Waals surface area contributed by atoms with E-state index >= 15 is 0 Å². The van der Waals surface area contributed by atoms with Crippen molar-refractivity contribution >= 4 is 93.0 Å². The van der Waals surface area contributed by atoms with Crippen LogP contribution in [0.5, 0.6) is 5.75 Å². The maximum atomic E-state index is 13.2. The number of rotatable bonds is 13. The van der Waals surface area contributed by atoms with Crippen LogP contribution in [-0.4, -0.2) is 106 Å². The van der Waals surface area contributed by atoms with Gasteiger partial charge in [-0.2, -0.15) is 0 Å². The number of nitrogens with zero attached hydrogens (tertiary/aromatic N) is 3. The van der Waals surface area contributed by atoms with Gasteiger partial charge in [0.15, 0.2) is 17.2 Å². The van der Waals surface area contributed by atoms with Crippen LogP contribution in [0.3, 0.4) is 0 Å². The van der Waals surface area contributed by atoms with Crippen molar-refractivity contribution in [2.75, 3.05) is 43.5 Å². The van der Waals surface area contributed by atoms with Gasteiger partial charge in [-0.15, -0.1) is 11.3 Å². The van der Waals surface area contributed by atoms with E-state index in [-0.39, 0.29) is 51.4 Å². The van der Waals surface area contributed by atoms with Crippen LogP contribution in [-0.2, 0) is 20.1 Å². The van der Waals surface area contributed by atoms with Crippen molar-refractivity contribution in [1.82, 2.24) is 14.5 Å². The number of ether oxygens (including phenoxy) is 1. The second-order valence-electron chi connectivity index (χ2n) is 18.0. The summed E-state index contributed by atoms with van der Waals surface area (Å²) in [7, 11) is 2.15. The van der Waals surface area contributed by atoms with Crippen molar-refractivity contribution in [3.8, 4) is 16.2 Å². The molecule has 1 aromatic heterocycles. The number of halogens is 1. The molecule has 4 aromatic carbocycles. The van der Waals surface area contributed by atoms with Gasteiger partial charge >= 0.3 is 11.9 Å². The van der Waals surface area contributed by atoms with Crippen molar-refractivity contribution in [3.05, 3.63) is 111 Å². The molecule has 0 bridgehead atoms. The van der Waals surface area contributed by atoms with E-state index in [0.717, 1.165) is 96.4 Å². The van der Waals surface area contributed by atoms with E-state index in [1.54, 1.807) is 22.9 Å². The van der Waals surface area contributed by atoms with Crippen molar-refractivity contribution in [2.45, 2.75) is 81.7 Å². The van der Waals surface area contributed by atoms with Gasteiger partial charge in [0.1, 0.15) is 17.4 Å². The van der Waals surface area contributed by atoms with Crippen LogP contribution in [0.2, 0.25) is 5.02 Å². The van der Waals surface area contributed by atoms with E-state index in [1.165, 1.54) is 5.56 Å². The maximum Gasteiger partial charge on any atom is 0.349 e. The highest BCUT2D eigenvalue weighted by atomic mass is 35.5. The second kappa shape index (κ2) is 20.2. The Balaban J connectivity index is 0.000000191. The molecule has 5 heterocycles. The van der Waals surface area contributed by atoms with Gasteiger partial charge < -0.3 is 25.2 Å². The smallest absolute Gasteiger partial charge is 0.349 e. The van der Waals surface area contributed by atoms with Crippen LogP contribution in [0.25, 0.3) is 21.2 Å². The molecule has 3 fully saturated rings. The number of nitrogens with one attached hydrogen (secondary N) is 2. The Morgan fingerprint density at radius 2 is 1.73 bits per heavy atom. The van der Waals surface area contributed by atoms with Gasteiger partial charge in [-0.05, 0) is 124 Å². The molecule has 67 heavy (non-hydrogen) atoms. The molecule has 4 aliphatic rings. The number of amides is 3. The first-order valence-corrected chi connectivity index (χ1v) is 24.4. The Bertz CT molecular complexity index is 2750. The third kappa shape index (κ3) is 10.4. The predicted molar refractivity (Wildman–Crippen MR) is 262 cm³/mol. The lowest BCUT2D eigenvalue weighted by atomic mass is 9.85. The van der Waals surface area contributed by atoms with Crippen molar-refractivity contribution in [2.24, 2.45) is 0 Å². The number of carboxylic acid groups (broad SMARTS) is 2. The molecule has 4 N–H and O–H groups in total. The lowest BCUT2D eigenvalue weighted by molar-refractivity contribution is -0.139. The number of piperidine rings is 3. The number of benzene rings is 4. The van der Waals surface area contributed by atoms with Gasteiger partial charge in [0.2, 0.25) is 11.8 Å². The first-order chi connectivity index (χ1) is 32.1. The van der Waals surface area contributed by atoms with E-state index in [2.05, 4.69) is 52.9 Å². The van der Waals surface area contributed by atoms with E-state index in [1.807, 2.05) is 60.7 Å². The average Bonchev–Trinajstić information content (AvgIpc) is 3.79. The molecule has 3 amide bonds. The van der Waals surface area contributed by atoms with Gasteiger partial charge in [-0.1, -0.05) is 72.1 Å². The number of anilines is 2. The normalized spacial score (nSPS) is 19.7. The standard InChI is InChI=1S/C28H29ClN2O6S2.C22H23N3O3/c1-28(2)13-21(9-10-31(28)38-16-18-6-3-5-17(11-18)14-32)30-20-8-4-7-19(12-20)25-23(29)24(37-15-22(33)34)26(39-25)27(35)36;1-24-11-9-13(10-12-24)14-5-6-17-20-15(14)3-2-4-16(20)22(28)25(17)18-7-8-19(26)23-21(18)27/h3-8,11-12,14,21,30H,9-10,13,15-16H2,1-2H3,(H,33,34)(H,35,36);2-6,13,18H,7-12H2,1H3,(H,23,26,27). The van der Waals surface area contributed by atoms with Crippen LogP contribution in [0.1, 0.15) is 99.8 Å². The van der Waals surface area contributed by atoms with Crippen LogP contribution in [0.15, 0.2) is 78.9 Å². The molecule has 5 aromatic rings. The van der Waals surface area contributed by atoms with Crippen LogP contribution >= 0.6 is 34.9 Å². The molecule has 0 spiro atoms. The fraction of sp³-hybridized carbons (Fsp3) is 0.360. The molecule has 14 nitrogen and oxygen atoms in total. The summed E-state index contributed by atoms with van der Waals surface area (Å²) >= 11 is 9.20. The van der Waals surface area contributed by atoms with Gasteiger partial charge in [0.25, 0.3) is 5.91 Å². The topological polar surface area (TPSA) is 186 Å². The second-order valence-corrected chi connectivity index (χ2v) is 20.4. The summed E-state index contributed by atoms with van der Waals surface area (Å²) in [6.45, 7) is 6.82. The number of carbonyl (C=O) groups is 6. The SMILES string of the molecule is CC1(C)CC(Nc2cccc(-c3sc(C(=O)O)c(OCC(=O)O)c3Cl)c2)CCN1SCc1cccc(C=O)c1.CN1CCC(c2ccc3c4c(cccc24)C(=O)N3C2CCC(=O)NC2=O)CC1. The molecule has 9 rings (SSSR count). The Morgan fingerprint density at radius 1 is 0.970 bits per heavy atom. The number of aliphatic carboxylic acids is 1. The minimum Gasteiger partial charge on any atom is -0.479 e. The molecule has 0 radical (unpaired) electrons. The third-order valence-corrected chi connectivity index (χ3v) is 16.0. The van der Waals surface area contributed by atoms with E-state index in [4.69, 9.17) is 21.4 Å². The number of imide groups is 1. The van der Waals surface area contributed by atoms with E-state index in [9.17, 15) is 33.9 Å². The molecule has 2 atom stereocenters. The number of aromatic carboxylic acids is 1. The first-order valence-electron chi connectivity index (χ1n) is 22.2. The molecular weight excluding hydrogens is 914 g/mol. The number of hydrogen-bond donors (Lipinski definition) is 4. The molecule has 350 valence electrons. The highest BCUT2D eigenvalue weighted by molar-refractivity contribution is 7.96. The highest BCUT2D eigenvalue weighted by Crippen LogP contribution is 2.47. The number of carbonyl (C=O) groups excluding carboxylic acids is 4. The fourth-order valence-corrected chi connectivity index (χ4v) is 12.1. The van der Waals surface area contributed by atoms with Gasteiger partial charge in [0, 0.05) is 52.5 Å². The summed E-state index contributed by atoms with van der Waals surface area (Å²) in [5.41, 5.74) is 6.09. The number of carboxylic acids is 2. The Hall–Kier alpha value is -5.78. The summed E-state index contributed by atoms with van der Waals surface area (Å²) in [6, 6.07) is 24.9. The predicted octanol–water partition coefficient (Wildman–Crippen LogP) is 8.96. The Kier molecular flexibility index (Phi) is 14.4. The molecule has 0 saturated carbocycles. The van der Waals surface area contributed by atoms with Crippen molar-refractivity contribution in [1.29, 1.82) is 0 Å². The van der Waals surface area contributed by atoms with E-state index in [0.29, 0.717) is 33.9 Å². The molecule has 4 aliphatic heterocycles. The largest absolute Gasteiger partial charge is 0.479 e. The minimum absolute atomic E-state index is 0.0652. The Labute approximate surface area is 401 Å². The van der Waals surface area contributed by atoms with Crippen molar-refractivity contribution < 1.29 is 43.7 Å². The quantitative estimate of drug-likeness (QED) is 0.0498. The highest BCUT2D eigenvalue weighted by Gasteiger charge is 2.41. The lowest BCUT2D eigenvalue weighted by Gasteiger charge is -2.45. The van der Waals surface area contributed by atoms with Crippen molar-refractivity contribution in [3.63, 3.8) is 0 Å². The number of aldehydes is 1. The number of thiophene rings is 1. The zero-order valence-electron chi connectivity index (χ0n) is 37.4. The summed E-state index contributed by atoms with van der Waals surface area (Å²) in [5.74, 6) is -2.10. The van der Waals surface area contributed by atoms with Gasteiger partial charge in [-0.25, -0.2) is 13.9 Å². The molecule has 3 saturated heterocycles. The zero-order valence-corrected chi connectivity index (χ0v) is 39.8.